The van der Waals surface area contributed by atoms with E-state index in [9.17, 15) is 4.79 Å². The largest absolute Gasteiger partial charge is 0.497 e. The fourth-order valence-corrected chi connectivity index (χ4v) is 1.61. The van der Waals surface area contributed by atoms with E-state index in [4.69, 9.17) is 8.85 Å². The van der Waals surface area contributed by atoms with Crippen molar-refractivity contribution in [3.63, 3.8) is 0 Å². The summed E-state index contributed by atoms with van der Waals surface area (Å²) < 4.78 is 10.0. The average Bonchev–Trinajstić information content (AvgIpc) is 1.88. The van der Waals surface area contributed by atoms with Crippen LogP contribution in [-0.4, -0.2) is 21.9 Å². The Kier molecular flexibility index (Phi) is 5.24. The van der Waals surface area contributed by atoms with E-state index < -0.39 is 9.28 Å². The van der Waals surface area contributed by atoms with Crippen LogP contribution in [0.5, 0.6) is 0 Å². The second kappa shape index (κ2) is 5.43. The summed E-state index contributed by atoms with van der Waals surface area (Å²) in [5.41, 5.74) is 0. The maximum absolute atomic E-state index is 10.6. The molecule has 3 nitrogen and oxygen atoms in total. The lowest BCUT2D eigenvalue weighted by Crippen LogP contribution is -2.22. The van der Waals surface area contributed by atoms with E-state index in [2.05, 4.69) is 0 Å². The molecule has 0 aliphatic carbocycles. The van der Waals surface area contributed by atoms with Crippen LogP contribution in [0.3, 0.4) is 0 Å². The normalized spacial score (nSPS) is 12.7. The van der Waals surface area contributed by atoms with Gasteiger partial charge in [-0.3, -0.25) is 4.79 Å². The zero-order chi connectivity index (χ0) is 7.98. The van der Waals surface area contributed by atoms with Crippen LogP contribution in [0, 0.1) is 0 Å². The van der Waals surface area contributed by atoms with Crippen LogP contribution in [-0.2, 0) is 13.6 Å². The lowest BCUT2D eigenvalue weighted by atomic mass is 10.5. The summed E-state index contributed by atoms with van der Waals surface area (Å²) in [6, 6.07) is 0. The van der Waals surface area contributed by atoms with Gasteiger partial charge >= 0.3 is 9.28 Å². The van der Waals surface area contributed by atoms with E-state index in [1.54, 1.807) is 6.92 Å². The maximum atomic E-state index is 10.6. The lowest BCUT2D eigenvalue weighted by molar-refractivity contribution is -0.135. The SMILES string of the molecule is CCO[SiH](C)OC(=O)CC. The summed E-state index contributed by atoms with van der Waals surface area (Å²) >= 11 is 0. The van der Waals surface area contributed by atoms with Crippen LogP contribution in [0.2, 0.25) is 6.55 Å². The van der Waals surface area contributed by atoms with E-state index in [1.807, 2.05) is 13.5 Å². The number of hydrogen-bond donors (Lipinski definition) is 0. The van der Waals surface area contributed by atoms with Crippen molar-refractivity contribution in [2.75, 3.05) is 6.61 Å². The van der Waals surface area contributed by atoms with E-state index in [0.717, 1.165) is 0 Å². The summed E-state index contributed by atoms with van der Waals surface area (Å²) in [6.07, 6.45) is 0.435. The Hall–Kier alpha value is -0.353. The quantitative estimate of drug-likeness (QED) is 0.574. The molecule has 0 radical (unpaired) electrons. The number of carbonyl (C=O) groups is 1. The lowest BCUT2D eigenvalue weighted by Gasteiger charge is -2.09. The molecule has 0 saturated carbocycles. The van der Waals surface area contributed by atoms with Crippen molar-refractivity contribution in [1.29, 1.82) is 0 Å². The molecule has 0 heterocycles. The third-order valence-corrected chi connectivity index (χ3v) is 2.39. The highest BCUT2D eigenvalue weighted by molar-refractivity contribution is 6.44. The Labute approximate surface area is 63.2 Å². The first-order valence-corrected chi connectivity index (χ1v) is 5.61. The van der Waals surface area contributed by atoms with Crippen LogP contribution >= 0.6 is 0 Å². The summed E-state index contributed by atoms with van der Waals surface area (Å²) in [5, 5.41) is 0. The first kappa shape index (κ1) is 9.65. The Balaban J connectivity index is 3.37. The molecule has 60 valence electrons. The van der Waals surface area contributed by atoms with Crippen molar-refractivity contribution < 1.29 is 13.6 Å². The van der Waals surface area contributed by atoms with Crippen molar-refractivity contribution in [3.05, 3.63) is 0 Å². The topological polar surface area (TPSA) is 35.5 Å². The molecule has 0 N–H and O–H groups in total. The van der Waals surface area contributed by atoms with Crippen molar-refractivity contribution in [2.45, 2.75) is 26.8 Å². The molecule has 0 aliphatic heterocycles. The predicted octanol–water partition coefficient (Wildman–Crippen LogP) is 0.826. The number of rotatable bonds is 4. The Bertz CT molecular complexity index is 105. The van der Waals surface area contributed by atoms with Crippen molar-refractivity contribution in [2.24, 2.45) is 0 Å². The third kappa shape index (κ3) is 4.52. The molecular weight excluding hydrogens is 148 g/mol. The molecule has 1 atom stereocenters. The van der Waals surface area contributed by atoms with E-state index in [-0.39, 0.29) is 5.97 Å². The van der Waals surface area contributed by atoms with Gasteiger partial charge < -0.3 is 8.85 Å². The molecular formula is C6H14O3Si. The van der Waals surface area contributed by atoms with Crippen LogP contribution in [0.4, 0.5) is 0 Å². The fraction of sp³-hybridized carbons (Fsp3) is 0.833. The zero-order valence-electron chi connectivity index (χ0n) is 6.72. The standard InChI is InChI=1S/C6H14O3Si/c1-4-6(7)9-10(3)8-5-2/h10H,4-5H2,1-3H3. The van der Waals surface area contributed by atoms with Gasteiger partial charge in [-0.1, -0.05) is 6.92 Å². The van der Waals surface area contributed by atoms with Crippen molar-refractivity contribution >= 4 is 15.3 Å². The maximum Gasteiger partial charge on any atom is 0.382 e. The Morgan fingerprint density at radius 2 is 2.10 bits per heavy atom. The van der Waals surface area contributed by atoms with Gasteiger partial charge in [0.1, 0.15) is 0 Å². The molecule has 4 heteroatoms. The summed E-state index contributed by atoms with van der Waals surface area (Å²) in [7, 11) is -1.63. The second-order valence-corrected chi connectivity index (χ2v) is 3.57. The first-order valence-electron chi connectivity index (χ1n) is 3.51. The zero-order valence-corrected chi connectivity index (χ0v) is 7.87. The van der Waals surface area contributed by atoms with Crippen LogP contribution in [0.25, 0.3) is 0 Å². The average molecular weight is 162 g/mol. The predicted molar refractivity (Wildman–Crippen MR) is 41.0 cm³/mol. The minimum Gasteiger partial charge on any atom is -0.497 e. The molecule has 0 aliphatic rings. The van der Waals surface area contributed by atoms with Crippen LogP contribution in [0.1, 0.15) is 20.3 Å². The molecule has 0 aromatic heterocycles. The van der Waals surface area contributed by atoms with Gasteiger partial charge in [0.15, 0.2) is 0 Å². The second-order valence-electron chi connectivity index (χ2n) is 1.87. The monoisotopic (exact) mass is 162 g/mol. The smallest absolute Gasteiger partial charge is 0.382 e. The minimum absolute atomic E-state index is 0.160. The number of carbonyl (C=O) groups excluding carboxylic acids is 1. The molecule has 10 heavy (non-hydrogen) atoms. The van der Waals surface area contributed by atoms with Gasteiger partial charge in [0, 0.05) is 13.0 Å². The van der Waals surface area contributed by atoms with Crippen molar-refractivity contribution in [3.8, 4) is 0 Å². The fourth-order valence-electron chi connectivity index (χ4n) is 0.537. The molecule has 0 aromatic rings. The molecule has 0 amide bonds. The van der Waals surface area contributed by atoms with E-state index in [1.165, 1.54) is 0 Å². The van der Waals surface area contributed by atoms with Gasteiger partial charge in [-0.15, -0.1) is 0 Å². The molecule has 0 fully saturated rings. The van der Waals surface area contributed by atoms with Gasteiger partial charge in [0.05, 0.1) is 0 Å². The number of hydrogen-bond acceptors (Lipinski definition) is 3. The first-order chi connectivity index (χ1) is 4.70. The summed E-state index contributed by atoms with van der Waals surface area (Å²) in [4.78, 5) is 10.6. The molecule has 1 unspecified atom stereocenters. The third-order valence-electron chi connectivity index (χ3n) is 0.987. The van der Waals surface area contributed by atoms with Gasteiger partial charge in [0.2, 0.25) is 0 Å². The highest BCUT2D eigenvalue weighted by Crippen LogP contribution is 1.91. The Morgan fingerprint density at radius 1 is 1.50 bits per heavy atom. The minimum atomic E-state index is -1.63. The van der Waals surface area contributed by atoms with E-state index >= 15 is 0 Å². The van der Waals surface area contributed by atoms with Gasteiger partial charge in [0.25, 0.3) is 5.97 Å². The molecule has 0 aromatic carbocycles. The molecule has 0 spiro atoms. The van der Waals surface area contributed by atoms with Gasteiger partial charge in [-0.05, 0) is 13.5 Å². The van der Waals surface area contributed by atoms with Gasteiger partial charge in [-0.25, -0.2) is 0 Å². The molecule has 0 rings (SSSR count). The van der Waals surface area contributed by atoms with Crippen LogP contribution < -0.4 is 0 Å². The van der Waals surface area contributed by atoms with Crippen LogP contribution in [0.15, 0.2) is 0 Å². The molecule has 0 bridgehead atoms. The summed E-state index contributed by atoms with van der Waals surface area (Å²) in [6.45, 7) is 6.14. The van der Waals surface area contributed by atoms with Crippen molar-refractivity contribution in [1.82, 2.24) is 0 Å². The summed E-state index contributed by atoms with van der Waals surface area (Å²) in [5.74, 6) is -0.160. The van der Waals surface area contributed by atoms with E-state index in [0.29, 0.717) is 13.0 Å². The molecule has 0 saturated heterocycles. The van der Waals surface area contributed by atoms with Gasteiger partial charge in [-0.2, -0.15) is 0 Å². The highest BCUT2D eigenvalue weighted by atomic mass is 28.3. The Morgan fingerprint density at radius 3 is 2.50 bits per heavy atom. The highest BCUT2D eigenvalue weighted by Gasteiger charge is 2.08.